The first kappa shape index (κ1) is 20.1. The third kappa shape index (κ3) is 5.67. The fourth-order valence-electron chi connectivity index (χ4n) is 2.65. The van der Waals surface area contributed by atoms with Gasteiger partial charge in [-0.2, -0.15) is 0 Å². The fourth-order valence-corrected chi connectivity index (χ4v) is 2.65. The molecule has 0 saturated heterocycles. The number of carbonyl (C=O) groups excluding carboxylic acids is 2. The highest BCUT2D eigenvalue weighted by atomic mass is 16.5. The van der Waals surface area contributed by atoms with Crippen molar-refractivity contribution in [1.82, 2.24) is 10.9 Å². The second-order valence-corrected chi connectivity index (χ2v) is 6.22. The topological polar surface area (TPSA) is 76.7 Å². The standard InChI is InChI=1S/C23H22N2O4/c1-28-15-16-29-21-13-11-20(12-14-21)23(27)25-24-22(26)19-9-7-18(8-10-19)17-5-3-2-4-6-17/h2-14H,15-16H2,1H3,(H,24,26)(H,25,27). The highest BCUT2D eigenvalue weighted by molar-refractivity contribution is 5.99. The molecule has 148 valence electrons. The SMILES string of the molecule is COCCOc1ccc(C(=O)NNC(=O)c2ccc(-c3ccccc3)cc2)cc1. The Balaban J connectivity index is 1.52. The lowest BCUT2D eigenvalue weighted by Crippen LogP contribution is -2.41. The monoisotopic (exact) mass is 390 g/mol. The van der Waals surface area contributed by atoms with E-state index in [-0.39, 0.29) is 0 Å². The van der Waals surface area contributed by atoms with Crippen LogP contribution in [0.2, 0.25) is 0 Å². The molecule has 0 aliphatic rings. The van der Waals surface area contributed by atoms with Crippen LogP contribution in [0.25, 0.3) is 11.1 Å². The first-order valence-corrected chi connectivity index (χ1v) is 9.15. The van der Waals surface area contributed by atoms with Crippen LogP contribution in [0.1, 0.15) is 20.7 Å². The van der Waals surface area contributed by atoms with E-state index >= 15 is 0 Å². The van der Waals surface area contributed by atoms with Crippen LogP contribution in [-0.4, -0.2) is 32.1 Å². The minimum absolute atomic E-state index is 0.391. The minimum Gasteiger partial charge on any atom is -0.491 e. The van der Waals surface area contributed by atoms with E-state index in [1.807, 2.05) is 42.5 Å². The van der Waals surface area contributed by atoms with E-state index in [0.29, 0.717) is 30.1 Å². The van der Waals surface area contributed by atoms with E-state index in [0.717, 1.165) is 11.1 Å². The van der Waals surface area contributed by atoms with E-state index in [9.17, 15) is 9.59 Å². The van der Waals surface area contributed by atoms with Gasteiger partial charge < -0.3 is 9.47 Å². The molecule has 2 N–H and O–H groups in total. The van der Waals surface area contributed by atoms with Gasteiger partial charge in [0, 0.05) is 18.2 Å². The van der Waals surface area contributed by atoms with E-state index < -0.39 is 11.8 Å². The molecule has 0 bridgehead atoms. The van der Waals surface area contributed by atoms with Crippen molar-refractivity contribution in [3.05, 3.63) is 90.0 Å². The Kier molecular flexibility index (Phi) is 6.97. The van der Waals surface area contributed by atoms with Gasteiger partial charge in [0.15, 0.2) is 0 Å². The Labute approximate surface area is 169 Å². The van der Waals surface area contributed by atoms with Gasteiger partial charge >= 0.3 is 0 Å². The Morgan fingerprint density at radius 2 is 1.21 bits per heavy atom. The summed E-state index contributed by atoms with van der Waals surface area (Å²) in [4.78, 5) is 24.5. The lowest BCUT2D eigenvalue weighted by Gasteiger charge is -2.09. The van der Waals surface area contributed by atoms with Crippen LogP contribution < -0.4 is 15.6 Å². The summed E-state index contributed by atoms with van der Waals surface area (Å²) in [6.45, 7) is 0.918. The van der Waals surface area contributed by atoms with Gasteiger partial charge in [0.1, 0.15) is 12.4 Å². The van der Waals surface area contributed by atoms with E-state index in [2.05, 4.69) is 10.9 Å². The first-order valence-electron chi connectivity index (χ1n) is 9.15. The van der Waals surface area contributed by atoms with Crippen molar-refractivity contribution in [2.24, 2.45) is 0 Å². The number of ether oxygens (including phenoxy) is 2. The maximum atomic E-state index is 12.3. The predicted octanol–water partition coefficient (Wildman–Crippen LogP) is 3.45. The summed E-state index contributed by atoms with van der Waals surface area (Å²) in [5, 5.41) is 0. The Bertz CT molecular complexity index is 939. The summed E-state index contributed by atoms with van der Waals surface area (Å²) in [6, 6.07) is 23.7. The molecule has 0 aliphatic carbocycles. The molecular formula is C23H22N2O4. The van der Waals surface area contributed by atoms with Crippen molar-refractivity contribution < 1.29 is 19.1 Å². The molecule has 0 radical (unpaired) electrons. The quantitative estimate of drug-likeness (QED) is 0.479. The number of hydrogen-bond acceptors (Lipinski definition) is 4. The zero-order valence-electron chi connectivity index (χ0n) is 16.1. The number of benzene rings is 3. The molecule has 0 aromatic heterocycles. The average molecular weight is 390 g/mol. The van der Waals surface area contributed by atoms with E-state index in [4.69, 9.17) is 9.47 Å². The van der Waals surface area contributed by atoms with Crippen LogP contribution in [0.3, 0.4) is 0 Å². The Morgan fingerprint density at radius 1 is 0.690 bits per heavy atom. The van der Waals surface area contributed by atoms with Gasteiger partial charge in [0.25, 0.3) is 11.8 Å². The third-order valence-electron chi connectivity index (χ3n) is 4.22. The van der Waals surface area contributed by atoms with Crippen molar-refractivity contribution in [2.75, 3.05) is 20.3 Å². The Hall–Kier alpha value is -3.64. The highest BCUT2D eigenvalue weighted by Gasteiger charge is 2.10. The molecule has 3 rings (SSSR count). The van der Waals surface area contributed by atoms with Crippen molar-refractivity contribution in [1.29, 1.82) is 0 Å². The molecule has 0 heterocycles. The molecule has 2 amide bonds. The normalized spacial score (nSPS) is 10.2. The largest absolute Gasteiger partial charge is 0.491 e. The van der Waals surface area contributed by atoms with Gasteiger partial charge in [0.2, 0.25) is 0 Å². The molecule has 0 aliphatic heterocycles. The number of amides is 2. The van der Waals surface area contributed by atoms with Crippen molar-refractivity contribution in [2.45, 2.75) is 0 Å². The van der Waals surface area contributed by atoms with Gasteiger partial charge in [-0.3, -0.25) is 20.4 Å². The van der Waals surface area contributed by atoms with Gasteiger partial charge in [-0.15, -0.1) is 0 Å². The summed E-state index contributed by atoms with van der Waals surface area (Å²) in [6.07, 6.45) is 0. The molecule has 0 unspecified atom stereocenters. The smallest absolute Gasteiger partial charge is 0.269 e. The molecule has 29 heavy (non-hydrogen) atoms. The van der Waals surface area contributed by atoms with Crippen molar-refractivity contribution in [3.63, 3.8) is 0 Å². The van der Waals surface area contributed by atoms with Gasteiger partial charge in [-0.1, -0.05) is 42.5 Å². The fraction of sp³-hybridized carbons (Fsp3) is 0.130. The molecule has 0 atom stereocenters. The molecular weight excluding hydrogens is 368 g/mol. The number of methoxy groups -OCH3 is 1. The second-order valence-electron chi connectivity index (χ2n) is 6.22. The zero-order valence-corrected chi connectivity index (χ0v) is 16.1. The molecule has 0 saturated carbocycles. The van der Waals surface area contributed by atoms with Gasteiger partial charge in [0.05, 0.1) is 6.61 Å². The molecule has 3 aromatic rings. The number of hydrogen-bond donors (Lipinski definition) is 2. The molecule has 6 nitrogen and oxygen atoms in total. The minimum atomic E-state index is -0.414. The lowest BCUT2D eigenvalue weighted by atomic mass is 10.0. The van der Waals surface area contributed by atoms with Crippen LogP contribution in [0, 0.1) is 0 Å². The summed E-state index contributed by atoms with van der Waals surface area (Å²) >= 11 is 0. The third-order valence-corrected chi connectivity index (χ3v) is 4.22. The maximum absolute atomic E-state index is 12.3. The van der Waals surface area contributed by atoms with Crippen molar-refractivity contribution in [3.8, 4) is 16.9 Å². The highest BCUT2D eigenvalue weighted by Crippen LogP contribution is 2.19. The summed E-state index contributed by atoms with van der Waals surface area (Å²) in [7, 11) is 1.60. The van der Waals surface area contributed by atoms with Crippen molar-refractivity contribution >= 4 is 11.8 Å². The predicted molar refractivity (Wildman–Crippen MR) is 111 cm³/mol. The summed E-state index contributed by atoms with van der Waals surface area (Å²) < 4.78 is 10.4. The first-order chi connectivity index (χ1) is 14.2. The zero-order chi connectivity index (χ0) is 20.5. The summed E-state index contributed by atoms with van der Waals surface area (Å²) in [5.41, 5.74) is 7.78. The van der Waals surface area contributed by atoms with Crippen LogP contribution in [0.15, 0.2) is 78.9 Å². The number of rotatable bonds is 7. The number of carbonyl (C=O) groups is 2. The number of nitrogens with one attached hydrogen (secondary N) is 2. The van der Waals surface area contributed by atoms with Crippen LogP contribution in [0.4, 0.5) is 0 Å². The van der Waals surface area contributed by atoms with Crippen LogP contribution in [-0.2, 0) is 4.74 Å². The van der Waals surface area contributed by atoms with E-state index in [1.165, 1.54) is 0 Å². The van der Waals surface area contributed by atoms with Gasteiger partial charge in [-0.25, -0.2) is 0 Å². The molecule has 6 heteroatoms. The van der Waals surface area contributed by atoms with Crippen LogP contribution in [0.5, 0.6) is 5.75 Å². The second kappa shape index (κ2) is 10.1. The van der Waals surface area contributed by atoms with E-state index in [1.54, 1.807) is 43.5 Å². The average Bonchev–Trinajstić information content (AvgIpc) is 2.78. The summed E-state index contributed by atoms with van der Waals surface area (Å²) in [5.74, 6) is -0.165. The molecule has 0 spiro atoms. The lowest BCUT2D eigenvalue weighted by molar-refractivity contribution is 0.0846. The maximum Gasteiger partial charge on any atom is 0.269 e. The molecule has 0 fully saturated rings. The van der Waals surface area contributed by atoms with Gasteiger partial charge in [-0.05, 0) is 47.5 Å². The Morgan fingerprint density at radius 3 is 1.76 bits per heavy atom. The number of hydrazine groups is 1. The molecule has 3 aromatic carbocycles. The van der Waals surface area contributed by atoms with Crippen LogP contribution >= 0.6 is 0 Å².